The number of ether oxygens (including phenoxy) is 2. The highest BCUT2D eigenvalue weighted by Crippen LogP contribution is 2.36. The van der Waals surface area contributed by atoms with Gasteiger partial charge in [-0.2, -0.15) is 5.11 Å². The summed E-state index contributed by atoms with van der Waals surface area (Å²) in [4.78, 5) is 39.5. The Balaban J connectivity index is 1.52. The molecule has 10 heteroatoms. The van der Waals surface area contributed by atoms with Crippen molar-refractivity contribution in [3.8, 4) is 11.5 Å². The Labute approximate surface area is 178 Å². The first kappa shape index (κ1) is 20.3. The Morgan fingerprint density at radius 3 is 2.52 bits per heavy atom. The van der Waals surface area contributed by atoms with Gasteiger partial charge in [0.25, 0.3) is 11.8 Å². The standard InChI is InChI=1S/C21H21N5O5/c1-12-6-4-5-7-14(12)22-17(27)11-25-19-18(23-24-25)20(28)26(21(19)29)13-8-9-15(30-2)16(10-13)31-3/h4-10,18-19H,11H2,1-3H3,(H,22,27)/t18-,19+/m0/s1. The number of rotatable bonds is 6. The van der Waals surface area contributed by atoms with E-state index in [2.05, 4.69) is 15.7 Å². The molecule has 2 heterocycles. The van der Waals surface area contributed by atoms with Crippen LogP contribution in [0.1, 0.15) is 5.56 Å². The molecule has 4 rings (SSSR count). The number of imide groups is 1. The van der Waals surface area contributed by atoms with Crippen LogP contribution in [0.5, 0.6) is 11.5 Å². The summed E-state index contributed by atoms with van der Waals surface area (Å²) >= 11 is 0. The number of para-hydroxylation sites is 1. The SMILES string of the molecule is COc1ccc(N2C(=O)[C@H]3N=NN(CC(=O)Nc4ccccc4C)[C@H]3C2=O)cc1OC. The molecule has 0 unspecified atom stereocenters. The lowest BCUT2D eigenvalue weighted by molar-refractivity contribution is -0.123. The molecule has 2 aromatic carbocycles. The van der Waals surface area contributed by atoms with E-state index in [1.54, 1.807) is 24.3 Å². The molecule has 1 fully saturated rings. The molecule has 10 nitrogen and oxygen atoms in total. The van der Waals surface area contributed by atoms with Crippen LogP contribution in [0.2, 0.25) is 0 Å². The minimum Gasteiger partial charge on any atom is -0.493 e. The largest absolute Gasteiger partial charge is 0.493 e. The number of hydrogen-bond donors (Lipinski definition) is 1. The summed E-state index contributed by atoms with van der Waals surface area (Å²) in [6, 6.07) is 10.1. The number of nitrogens with one attached hydrogen (secondary N) is 1. The van der Waals surface area contributed by atoms with Crippen molar-refractivity contribution in [3.05, 3.63) is 48.0 Å². The summed E-state index contributed by atoms with van der Waals surface area (Å²) < 4.78 is 10.5. The molecule has 0 radical (unpaired) electrons. The number of benzene rings is 2. The van der Waals surface area contributed by atoms with Crippen LogP contribution in [0.25, 0.3) is 0 Å². The van der Waals surface area contributed by atoms with Gasteiger partial charge in [0.2, 0.25) is 5.91 Å². The summed E-state index contributed by atoms with van der Waals surface area (Å²) in [5.41, 5.74) is 1.91. The number of nitrogens with zero attached hydrogens (tertiary/aromatic N) is 4. The average molecular weight is 423 g/mol. The van der Waals surface area contributed by atoms with Crippen LogP contribution in [0.4, 0.5) is 11.4 Å². The minimum absolute atomic E-state index is 0.211. The molecule has 0 aromatic heterocycles. The number of anilines is 2. The van der Waals surface area contributed by atoms with Gasteiger partial charge in [0, 0.05) is 11.8 Å². The monoisotopic (exact) mass is 423 g/mol. The van der Waals surface area contributed by atoms with Crippen molar-refractivity contribution in [1.82, 2.24) is 5.01 Å². The van der Waals surface area contributed by atoms with E-state index < -0.39 is 23.9 Å². The lowest BCUT2D eigenvalue weighted by Crippen LogP contribution is -2.43. The van der Waals surface area contributed by atoms with Gasteiger partial charge in [-0.1, -0.05) is 23.4 Å². The molecule has 2 atom stereocenters. The quantitative estimate of drug-likeness (QED) is 0.711. The molecule has 0 spiro atoms. The predicted octanol–water partition coefficient (Wildman–Crippen LogP) is 1.94. The Hall–Kier alpha value is -3.95. The number of fused-ring (bicyclic) bond motifs is 1. The van der Waals surface area contributed by atoms with E-state index in [0.717, 1.165) is 10.5 Å². The lowest BCUT2D eigenvalue weighted by atomic mass is 10.1. The van der Waals surface area contributed by atoms with Gasteiger partial charge in [-0.3, -0.25) is 19.4 Å². The first-order chi connectivity index (χ1) is 14.9. The molecule has 160 valence electrons. The number of aryl methyl sites for hydroxylation is 1. The smallest absolute Gasteiger partial charge is 0.263 e. The molecule has 31 heavy (non-hydrogen) atoms. The van der Waals surface area contributed by atoms with Crippen molar-refractivity contribution in [2.75, 3.05) is 31.0 Å². The lowest BCUT2D eigenvalue weighted by Gasteiger charge is -2.21. The second kappa shape index (κ2) is 8.05. The molecular formula is C21H21N5O5. The average Bonchev–Trinajstić information content (AvgIpc) is 3.28. The van der Waals surface area contributed by atoms with Crippen LogP contribution in [0.3, 0.4) is 0 Å². The third kappa shape index (κ3) is 3.56. The van der Waals surface area contributed by atoms with Gasteiger partial charge in [-0.25, -0.2) is 4.90 Å². The summed E-state index contributed by atoms with van der Waals surface area (Å²) in [7, 11) is 2.96. The Morgan fingerprint density at radius 1 is 1.06 bits per heavy atom. The van der Waals surface area contributed by atoms with Crippen molar-refractivity contribution in [1.29, 1.82) is 0 Å². The molecule has 1 saturated heterocycles. The highest BCUT2D eigenvalue weighted by Gasteiger charge is 2.55. The van der Waals surface area contributed by atoms with E-state index in [4.69, 9.17) is 9.47 Å². The van der Waals surface area contributed by atoms with Gasteiger partial charge in [-0.05, 0) is 30.7 Å². The number of carbonyl (C=O) groups is 3. The molecule has 2 aliphatic rings. The van der Waals surface area contributed by atoms with E-state index in [-0.39, 0.29) is 12.5 Å². The van der Waals surface area contributed by atoms with E-state index in [1.165, 1.54) is 19.2 Å². The van der Waals surface area contributed by atoms with Crippen molar-refractivity contribution in [2.24, 2.45) is 10.3 Å². The van der Waals surface area contributed by atoms with E-state index >= 15 is 0 Å². The number of hydrogen-bond acceptors (Lipinski definition) is 8. The fourth-order valence-electron chi connectivity index (χ4n) is 3.62. The number of methoxy groups -OCH3 is 2. The summed E-state index contributed by atoms with van der Waals surface area (Å²) in [5.74, 6) is -0.518. The summed E-state index contributed by atoms with van der Waals surface area (Å²) in [5, 5.41) is 11.9. The van der Waals surface area contributed by atoms with E-state index in [1.807, 2.05) is 25.1 Å². The van der Waals surface area contributed by atoms with Crippen molar-refractivity contribution in [2.45, 2.75) is 19.0 Å². The first-order valence-corrected chi connectivity index (χ1v) is 9.57. The molecule has 1 N–H and O–H groups in total. The number of carbonyl (C=O) groups excluding carboxylic acids is 3. The van der Waals surface area contributed by atoms with Gasteiger partial charge >= 0.3 is 0 Å². The zero-order chi connectivity index (χ0) is 22.1. The second-order valence-corrected chi connectivity index (χ2v) is 7.11. The second-order valence-electron chi connectivity index (χ2n) is 7.11. The van der Waals surface area contributed by atoms with Gasteiger partial charge < -0.3 is 14.8 Å². The van der Waals surface area contributed by atoms with E-state index in [9.17, 15) is 14.4 Å². The predicted molar refractivity (Wildman–Crippen MR) is 111 cm³/mol. The third-order valence-electron chi connectivity index (χ3n) is 5.21. The third-order valence-corrected chi connectivity index (χ3v) is 5.21. The zero-order valence-electron chi connectivity index (χ0n) is 17.2. The van der Waals surface area contributed by atoms with Crippen molar-refractivity contribution in [3.63, 3.8) is 0 Å². The van der Waals surface area contributed by atoms with Gasteiger partial charge in [0.1, 0.15) is 6.54 Å². The first-order valence-electron chi connectivity index (χ1n) is 9.57. The van der Waals surface area contributed by atoms with Gasteiger partial charge in [-0.15, -0.1) is 0 Å². The van der Waals surface area contributed by atoms with Gasteiger partial charge in [0.15, 0.2) is 23.6 Å². The van der Waals surface area contributed by atoms with E-state index in [0.29, 0.717) is 22.9 Å². The van der Waals surface area contributed by atoms with Crippen LogP contribution in [-0.4, -0.2) is 55.6 Å². The molecule has 2 aromatic rings. The summed E-state index contributed by atoms with van der Waals surface area (Å²) in [6.07, 6.45) is 0. The van der Waals surface area contributed by atoms with Crippen LogP contribution < -0.4 is 19.7 Å². The maximum absolute atomic E-state index is 13.1. The Kier molecular flexibility index (Phi) is 5.28. The minimum atomic E-state index is -0.994. The summed E-state index contributed by atoms with van der Waals surface area (Å²) in [6.45, 7) is 1.67. The number of amides is 3. The maximum Gasteiger partial charge on any atom is 0.263 e. The topological polar surface area (TPSA) is 113 Å². The molecule has 0 aliphatic carbocycles. The molecule has 3 amide bonds. The van der Waals surface area contributed by atoms with Crippen LogP contribution >= 0.6 is 0 Å². The van der Waals surface area contributed by atoms with Crippen molar-refractivity contribution >= 4 is 29.1 Å². The maximum atomic E-state index is 13.1. The zero-order valence-corrected chi connectivity index (χ0v) is 17.2. The molecule has 0 saturated carbocycles. The fraction of sp³-hybridized carbons (Fsp3) is 0.286. The van der Waals surface area contributed by atoms with Crippen LogP contribution in [-0.2, 0) is 14.4 Å². The molecule has 0 bridgehead atoms. The van der Waals surface area contributed by atoms with Crippen molar-refractivity contribution < 1.29 is 23.9 Å². The normalized spacial score (nSPS) is 19.6. The van der Waals surface area contributed by atoms with Crippen LogP contribution in [0.15, 0.2) is 52.8 Å². The fourth-order valence-corrected chi connectivity index (χ4v) is 3.62. The molecular weight excluding hydrogens is 402 g/mol. The van der Waals surface area contributed by atoms with Gasteiger partial charge in [0.05, 0.1) is 19.9 Å². The Bertz CT molecular complexity index is 1090. The Morgan fingerprint density at radius 2 is 1.81 bits per heavy atom. The highest BCUT2D eigenvalue weighted by atomic mass is 16.5. The van der Waals surface area contributed by atoms with Crippen LogP contribution in [0, 0.1) is 6.92 Å². The highest BCUT2D eigenvalue weighted by molar-refractivity contribution is 6.25. The molecule has 2 aliphatic heterocycles.